The minimum absolute atomic E-state index is 0.216. The van der Waals surface area contributed by atoms with Crippen LogP contribution in [0.25, 0.3) is 5.57 Å². The van der Waals surface area contributed by atoms with Crippen LogP contribution in [-0.2, 0) is 0 Å². The summed E-state index contributed by atoms with van der Waals surface area (Å²) in [5, 5.41) is 3.79. The highest BCUT2D eigenvalue weighted by Crippen LogP contribution is 2.21. The molecule has 1 N–H and O–H groups in total. The van der Waals surface area contributed by atoms with E-state index in [2.05, 4.69) is 15.3 Å². The Morgan fingerprint density at radius 2 is 1.16 bits per heavy atom. The molecule has 1 saturated carbocycles. The number of anilines is 1. The molecule has 4 nitrogen and oxygen atoms in total. The van der Waals surface area contributed by atoms with Crippen LogP contribution in [0.3, 0.4) is 0 Å². The number of rotatable bonds is 3. The van der Waals surface area contributed by atoms with Crippen LogP contribution in [0, 0.1) is 0 Å². The van der Waals surface area contributed by atoms with Crippen molar-refractivity contribution in [2.24, 2.45) is 0 Å². The fourth-order valence-corrected chi connectivity index (χ4v) is 4.17. The molecule has 0 aliphatic heterocycles. The van der Waals surface area contributed by atoms with Gasteiger partial charge in [-0.1, -0.05) is 125 Å². The lowest BCUT2D eigenvalue weighted by Crippen LogP contribution is -2.22. The fourth-order valence-electron chi connectivity index (χ4n) is 4.01. The van der Waals surface area contributed by atoms with E-state index in [9.17, 15) is 0 Å². The second-order valence-corrected chi connectivity index (χ2v) is 8.71. The van der Waals surface area contributed by atoms with Crippen LogP contribution < -0.4 is 5.32 Å². The maximum Gasteiger partial charge on any atom is 0.227 e. The third-order valence-corrected chi connectivity index (χ3v) is 5.91. The molecule has 1 aromatic heterocycles. The van der Waals surface area contributed by atoms with Crippen molar-refractivity contribution in [1.29, 1.82) is 0 Å². The Balaban J connectivity index is 1.75. The zero-order valence-corrected chi connectivity index (χ0v) is 19.7. The molecule has 0 amide bonds. The van der Waals surface area contributed by atoms with Gasteiger partial charge in [0.15, 0.2) is 5.82 Å². The molecule has 0 spiro atoms. The van der Waals surface area contributed by atoms with Gasteiger partial charge >= 0.3 is 0 Å². The molecule has 1 aromatic rings. The largest absolute Gasteiger partial charge is 0.351 e. The Morgan fingerprint density at radius 3 is 1.78 bits per heavy atom. The zero-order valence-electron chi connectivity index (χ0n) is 18.9. The summed E-state index contributed by atoms with van der Waals surface area (Å²) < 4.78 is 0. The molecule has 1 heterocycles. The first kappa shape index (κ1) is 24.2. The molecule has 0 atom stereocenters. The molecular formula is C27H35ClN4. The summed E-state index contributed by atoms with van der Waals surface area (Å²) in [7, 11) is 0. The number of nitrogens with zero attached hydrogens (tertiary/aromatic N) is 3. The highest BCUT2D eigenvalue weighted by molar-refractivity contribution is 6.28. The molecule has 2 aliphatic carbocycles. The second-order valence-electron chi connectivity index (χ2n) is 8.37. The molecule has 1 fully saturated rings. The Bertz CT molecular complexity index is 868. The highest BCUT2D eigenvalue weighted by Gasteiger charge is 2.14. The highest BCUT2D eigenvalue weighted by atomic mass is 35.5. The zero-order chi connectivity index (χ0) is 22.3. The summed E-state index contributed by atoms with van der Waals surface area (Å²) in [5.41, 5.74) is 0.884. The van der Waals surface area contributed by atoms with Gasteiger partial charge in [0.05, 0.1) is 0 Å². The molecule has 0 bridgehead atoms. The molecular weight excluding hydrogens is 416 g/mol. The summed E-state index contributed by atoms with van der Waals surface area (Å²) in [4.78, 5) is 13.5. The summed E-state index contributed by atoms with van der Waals surface area (Å²) >= 11 is 6.31. The monoisotopic (exact) mass is 450 g/mol. The molecule has 0 aromatic carbocycles. The van der Waals surface area contributed by atoms with E-state index in [4.69, 9.17) is 16.6 Å². The van der Waals surface area contributed by atoms with Crippen LogP contribution in [0.4, 0.5) is 5.95 Å². The van der Waals surface area contributed by atoms with E-state index < -0.39 is 0 Å². The van der Waals surface area contributed by atoms with Crippen molar-refractivity contribution in [2.75, 3.05) is 5.32 Å². The first-order valence-electron chi connectivity index (χ1n) is 12.0. The molecule has 2 aliphatic rings. The lowest BCUT2D eigenvalue weighted by atomic mass is 9.98. The van der Waals surface area contributed by atoms with Crippen LogP contribution in [0.15, 0.2) is 66.8 Å². The lowest BCUT2D eigenvalue weighted by Gasteiger charge is -2.20. The van der Waals surface area contributed by atoms with Gasteiger partial charge in [-0.15, -0.1) is 0 Å². The van der Waals surface area contributed by atoms with E-state index >= 15 is 0 Å². The SMILES string of the molecule is Clc1nc(NC2CCCCCCCCCCC2)nc(C2=C\C=C/C=C\C=C/C=C\C=C2)n1. The number of halogens is 1. The molecule has 32 heavy (non-hydrogen) atoms. The van der Waals surface area contributed by atoms with Crippen molar-refractivity contribution in [2.45, 2.75) is 76.7 Å². The van der Waals surface area contributed by atoms with Gasteiger partial charge in [0, 0.05) is 11.6 Å². The number of hydrogen-bond acceptors (Lipinski definition) is 4. The Kier molecular flexibility index (Phi) is 11.0. The third kappa shape index (κ3) is 9.35. The second kappa shape index (κ2) is 14.6. The number of hydrogen-bond donors (Lipinski definition) is 1. The third-order valence-electron chi connectivity index (χ3n) is 5.75. The maximum atomic E-state index is 6.31. The minimum Gasteiger partial charge on any atom is -0.351 e. The number of aromatic nitrogens is 3. The van der Waals surface area contributed by atoms with Gasteiger partial charge in [0.25, 0.3) is 0 Å². The van der Waals surface area contributed by atoms with Crippen LogP contribution in [0.5, 0.6) is 0 Å². The van der Waals surface area contributed by atoms with Crippen molar-refractivity contribution >= 4 is 23.1 Å². The van der Waals surface area contributed by atoms with Gasteiger partial charge in [-0.3, -0.25) is 0 Å². The average Bonchev–Trinajstić information content (AvgIpc) is 2.76. The van der Waals surface area contributed by atoms with Gasteiger partial charge in [-0.25, -0.2) is 0 Å². The van der Waals surface area contributed by atoms with E-state index in [-0.39, 0.29) is 5.28 Å². The predicted octanol–water partition coefficient (Wildman–Crippen LogP) is 7.79. The van der Waals surface area contributed by atoms with Crippen molar-refractivity contribution in [3.8, 4) is 0 Å². The molecule has 170 valence electrons. The van der Waals surface area contributed by atoms with E-state index in [0.717, 1.165) is 18.4 Å². The van der Waals surface area contributed by atoms with Crippen molar-refractivity contribution in [3.63, 3.8) is 0 Å². The van der Waals surface area contributed by atoms with Gasteiger partial charge in [-0.2, -0.15) is 15.0 Å². The van der Waals surface area contributed by atoms with E-state index in [0.29, 0.717) is 17.8 Å². The van der Waals surface area contributed by atoms with Crippen LogP contribution in [0.2, 0.25) is 5.28 Å². The van der Waals surface area contributed by atoms with Gasteiger partial charge < -0.3 is 5.32 Å². The molecule has 3 rings (SSSR count). The fraction of sp³-hybridized carbons (Fsp3) is 0.444. The lowest BCUT2D eigenvalue weighted by molar-refractivity contribution is 0.479. The molecule has 5 heteroatoms. The summed E-state index contributed by atoms with van der Waals surface area (Å²) in [5.74, 6) is 1.14. The topological polar surface area (TPSA) is 50.7 Å². The normalized spacial score (nSPS) is 23.3. The van der Waals surface area contributed by atoms with Crippen LogP contribution in [-0.4, -0.2) is 21.0 Å². The molecule has 0 radical (unpaired) electrons. The van der Waals surface area contributed by atoms with E-state index in [1.165, 1.54) is 57.8 Å². The number of nitrogens with one attached hydrogen (secondary N) is 1. The summed E-state index contributed by atoms with van der Waals surface area (Å²) in [6.45, 7) is 0. The molecule has 0 unspecified atom stereocenters. The quantitative estimate of drug-likeness (QED) is 0.510. The van der Waals surface area contributed by atoms with Crippen molar-refractivity contribution < 1.29 is 0 Å². The minimum atomic E-state index is 0.216. The van der Waals surface area contributed by atoms with Crippen molar-refractivity contribution in [3.05, 3.63) is 77.9 Å². The number of allylic oxidation sites excluding steroid dienone is 12. The van der Waals surface area contributed by atoms with Gasteiger partial charge in [0.2, 0.25) is 11.2 Å². The standard InChI is InChI=1S/C27H35ClN4/c28-26-30-25(23-19-15-11-7-3-1-4-8-12-16-20-23)31-27(32-26)29-24-21-17-13-9-5-2-6-10-14-18-22-24/h1,3-4,7-8,11-12,15-16,19-20,24H,2,5-6,9-10,13-14,17-18,21-22H2,(H,29,30,31,32)/b3-1-,4-1?,7-3?,8-4-,11-7-,12-8?,15-11?,16-12-,19-15?,20-16?,23-19?,23-20?. The predicted molar refractivity (Wildman–Crippen MR) is 137 cm³/mol. The van der Waals surface area contributed by atoms with Crippen LogP contribution >= 0.6 is 11.6 Å². The smallest absolute Gasteiger partial charge is 0.227 e. The van der Waals surface area contributed by atoms with E-state index in [1.54, 1.807) is 0 Å². The van der Waals surface area contributed by atoms with Gasteiger partial charge in [-0.05, 0) is 24.4 Å². The first-order chi connectivity index (χ1) is 15.8. The maximum absolute atomic E-state index is 6.31. The van der Waals surface area contributed by atoms with Crippen LogP contribution in [0.1, 0.15) is 76.5 Å². The van der Waals surface area contributed by atoms with Crippen molar-refractivity contribution in [1.82, 2.24) is 15.0 Å². The first-order valence-corrected chi connectivity index (χ1v) is 12.4. The summed E-state index contributed by atoms with van der Waals surface area (Å²) in [6, 6.07) is 0.376. The molecule has 0 saturated heterocycles. The summed E-state index contributed by atoms with van der Waals surface area (Å²) in [6.07, 6.45) is 36.1. The Hall–Kier alpha value is -2.46. The van der Waals surface area contributed by atoms with Gasteiger partial charge in [0.1, 0.15) is 0 Å². The van der Waals surface area contributed by atoms with E-state index in [1.807, 2.05) is 66.8 Å². The Morgan fingerprint density at radius 1 is 0.625 bits per heavy atom. The average molecular weight is 451 g/mol. The Labute approximate surface area is 198 Å².